The molecular weight excluding hydrogens is 415 g/mol. The van der Waals surface area contributed by atoms with Crippen molar-refractivity contribution < 1.29 is 14.3 Å². The fourth-order valence-corrected chi connectivity index (χ4v) is 3.64. The van der Waals surface area contributed by atoms with E-state index in [4.69, 9.17) is 23.2 Å². The van der Waals surface area contributed by atoms with Gasteiger partial charge in [0.2, 0.25) is 12.4 Å². The molecule has 0 atom stereocenters. The summed E-state index contributed by atoms with van der Waals surface area (Å²) in [7, 11) is 0. The van der Waals surface area contributed by atoms with Crippen LogP contribution in [0.5, 0.6) is 0 Å². The van der Waals surface area contributed by atoms with Crippen molar-refractivity contribution in [2.45, 2.75) is 39.2 Å². The van der Waals surface area contributed by atoms with E-state index in [0.717, 1.165) is 38.1 Å². The first-order valence-corrected chi connectivity index (χ1v) is 10.0. The summed E-state index contributed by atoms with van der Waals surface area (Å²) in [6.45, 7) is 2.85. The Morgan fingerprint density at radius 1 is 1.21 bits per heavy atom. The molecule has 3 aromatic rings. The number of Topliss-reactive ketones (excluding diaryl/α,β-unsaturated/α-hetero) is 1. The average Bonchev–Trinajstić information content (AvgIpc) is 3.06. The molecule has 0 fully saturated rings. The topological polar surface area (TPSA) is 90.9 Å². The molecule has 152 valence electrons. The van der Waals surface area contributed by atoms with Gasteiger partial charge in [0.1, 0.15) is 15.7 Å². The molecule has 0 saturated heterocycles. The smallest absolute Gasteiger partial charge is 0.296 e. The number of unbranched alkanes of at least 4 members (excludes halogenated alkanes) is 3. The minimum atomic E-state index is -0.897. The van der Waals surface area contributed by atoms with Crippen molar-refractivity contribution in [2.75, 3.05) is 5.32 Å². The molecule has 1 N–H and O–H groups in total. The van der Waals surface area contributed by atoms with Crippen LogP contribution in [0.2, 0.25) is 10.0 Å². The summed E-state index contributed by atoms with van der Waals surface area (Å²) in [5.41, 5.74) is 0.923. The lowest BCUT2D eigenvalue weighted by atomic mass is 10.1. The van der Waals surface area contributed by atoms with Gasteiger partial charge in [-0.05, 0) is 18.6 Å². The second-order valence-corrected chi connectivity index (χ2v) is 7.46. The largest absolute Gasteiger partial charge is 0.619 e. The van der Waals surface area contributed by atoms with Gasteiger partial charge in [0.15, 0.2) is 0 Å². The molecule has 0 bridgehead atoms. The number of nitrogens with one attached hydrogen (secondary N) is 1. The van der Waals surface area contributed by atoms with Crippen molar-refractivity contribution in [1.29, 1.82) is 0 Å². The summed E-state index contributed by atoms with van der Waals surface area (Å²) in [5, 5.41) is 14.2. The van der Waals surface area contributed by atoms with Crippen LogP contribution in [0, 0.1) is 5.21 Å². The summed E-state index contributed by atoms with van der Waals surface area (Å²) in [4.78, 5) is 29.8. The number of rotatable bonds is 8. The highest BCUT2D eigenvalue weighted by atomic mass is 35.5. The third kappa shape index (κ3) is 4.68. The molecule has 0 spiro atoms. The molecule has 0 unspecified atom stereocenters. The van der Waals surface area contributed by atoms with Gasteiger partial charge in [-0.3, -0.25) is 9.59 Å². The van der Waals surface area contributed by atoms with Gasteiger partial charge in [0, 0.05) is 24.3 Å². The van der Waals surface area contributed by atoms with Gasteiger partial charge < -0.3 is 15.1 Å². The third-order valence-electron chi connectivity index (χ3n) is 4.53. The molecule has 0 aromatic carbocycles. The molecule has 0 aliphatic heterocycles. The number of aryl methyl sites for hydroxylation is 1. The number of anilines is 1. The van der Waals surface area contributed by atoms with E-state index in [9.17, 15) is 14.8 Å². The lowest BCUT2D eigenvalue weighted by Gasteiger charge is -2.08. The zero-order valence-electron chi connectivity index (χ0n) is 15.8. The zero-order valence-corrected chi connectivity index (χ0v) is 17.3. The van der Waals surface area contributed by atoms with Crippen LogP contribution >= 0.6 is 23.2 Å². The van der Waals surface area contributed by atoms with E-state index in [-0.39, 0.29) is 21.3 Å². The van der Waals surface area contributed by atoms with Crippen molar-refractivity contribution >= 4 is 51.6 Å². The number of hydrogen-bond donors (Lipinski definition) is 1. The van der Waals surface area contributed by atoms with E-state index in [1.807, 2.05) is 4.57 Å². The molecule has 9 heteroatoms. The number of pyridine rings is 2. The van der Waals surface area contributed by atoms with Gasteiger partial charge >= 0.3 is 0 Å². The second-order valence-electron chi connectivity index (χ2n) is 6.64. The molecule has 0 aliphatic rings. The summed E-state index contributed by atoms with van der Waals surface area (Å²) >= 11 is 11.9. The van der Waals surface area contributed by atoms with Crippen LogP contribution in [-0.4, -0.2) is 21.2 Å². The molecule has 3 aromatic heterocycles. The van der Waals surface area contributed by atoms with Gasteiger partial charge in [-0.15, -0.1) is 0 Å². The molecule has 1 amide bonds. The predicted molar refractivity (Wildman–Crippen MR) is 112 cm³/mol. The minimum absolute atomic E-state index is 0.0141. The Hall–Kier alpha value is -2.64. The maximum absolute atomic E-state index is 12.8. The van der Waals surface area contributed by atoms with E-state index >= 15 is 0 Å². The first kappa shape index (κ1) is 21.1. The summed E-state index contributed by atoms with van der Waals surface area (Å²) in [6, 6.07) is 3.48. The zero-order chi connectivity index (χ0) is 21.0. The highest BCUT2D eigenvalue weighted by Gasteiger charge is 2.24. The summed E-state index contributed by atoms with van der Waals surface area (Å²) in [6.07, 6.45) is 9.70. The van der Waals surface area contributed by atoms with Crippen LogP contribution in [0.25, 0.3) is 11.0 Å². The summed E-state index contributed by atoms with van der Waals surface area (Å²) < 4.78 is 2.31. The van der Waals surface area contributed by atoms with Gasteiger partial charge in [-0.2, -0.15) is 4.73 Å². The number of carbonyl (C=O) groups excluding carboxylic acids is 2. The Morgan fingerprint density at radius 3 is 2.62 bits per heavy atom. The lowest BCUT2D eigenvalue weighted by molar-refractivity contribution is -0.605. The lowest BCUT2D eigenvalue weighted by Crippen LogP contribution is -2.27. The van der Waals surface area contributed by atoms with Crippen molar-refractivity contribution in [3.8, 4) is 0 Å². The van der Waals surface area contributed by atoms with E-state index in [0.29, 0.717) is 22.3 Å². The van der Waals surface area contributed by atoms with E-state index in [1.54, 1.807) is 24.5 Å². The monoisotopic (exact) mass is 434 g/mol. The number of halogens is 2. The first-order valence-electron chi connectivity index (χ1n) is 9.29. The van der Waals surface area contributed by atoms with E-state index < -0.39 is 11.7 Å². The summed E-state index contributed by atoms with van der Waals surface area (Å²) in [5.74, 6) is -1.63. The van der Waals surface area contributed by atoms with Crippen LogP contribution in [0.1, 0.15) is 43.0 Å². The maximum atomic E-state index is 12.8. The molecule has 7 nitrogen and oxygen atoms in total. The molecule has 0 aliphatic carbocycles. The quantitative estimate of drug-likeness (QED) is 0.187. The fourth-order valence-electron chi connectivity index (χ4n) is 3.10. The second kappa shape index (κ2) is 9.24. The normalized spacial score (nSPS) is 11.0. The van der Waals surface area contributed by atoms with Gasteiger partial charge in [-0.25, -0.2) is 4.98 Å². The number of fused-ring (bicyclic) bond motifs is 1. The van der Waals surface area contributed by atoms with Crippen molar-refractivity contribution in [1.82, 2.24) is 9.55 Å². The van der Waals surface area contributed by atoms with Gasteiger partial charge in [-0.1, -0.05) is 49.4 Å². The molecule has 3 heterocycles. The van der Waals surface area contributed by atoms with Crippen LogP contribution < -0.4 is 10.0 Å². The maximum Gasteiger partial charge on any atom is 0.296 e. The van der Waals surface area contributed by atoms with Crippen LogP contribution in [0.15, 0.2) is 36.9 Å². The van der Waals surface area contributed by atoms with Crippen molar-refractivity contribution in [3.63, 3.8) is 0 Å². The Kier molecular flexibility index (Phi) is 6.71. The Bertz CT molecular complexity index is 1040. The van der Waals surface area contributed by atoms with Crippen LogP contribution in [-0.2, 0) is 11.3 Å². The number of amides is 1. The SMILES string of the molecule is CCCCCCn1cc(C(=O)C(=O)Nc2c(Cl)c[n+]([O-])cc2Cl)c2cccnc21. The number of nitrogens with zero attached hydrogens (tertiary/aromatic N) is 3. The first-order chi connectivity index (χ1) is 13.9. The average molecular weight is 435 g/mol. The Morgan fingerprint density at radius 2 is 1.93 bits per heavy atom. The highest BCUT2D eigenvalue weighted by molar-refractivity contribution is 6.50. The number of carbonyl (C=O) groups is 2. The van der Waals surface area contributed by atoms with Crippen molar-refractivity contribution in [2.24, 2.45) is 0 Å². The number of hydrogen-bond acceptors (Lipinski definition) is 4. The van der Waals surface area contributed by atoms with Gasteiger partial charge in [0.05, 0.1) is 11.3 Å². The molecule has 29 heavy (non-hydrogen) atoms. The molecule has 0 saturated carbocycles. The molecule has 3 rings (SSSR count). The standard InChI is InChI=1S/C20H20Cl2N4O3/c1-2-3-4-5-9-25-10-14(13-7-6-8-23-19(13)25)18(27)20(28)24-17-15(21)11-26(29)12-16(17)22/h6-8,10-12H,2-5,9H2,1H3,(H,24,28). The minimum Gasteiger partial charge on any atom is -0.619 e. The highest BCUT2D eigenvalue weighted by Crippen LogP contribution is 2.28. The number of ketones is 1. The Labute approximate surface area is 177 Å². The number of aromatic nitrogens is 3. The third-order valence-corrected chi connectivity index (χ3v) is 5.11. The van der Waals surface area contributed by atoms with Gasteiger partial charge in [0.25, 0.3) is 11.7 Å². The van der Waals surface area contributed by atoms with E-state index in [1.165, 1.54) is 0 Å². The molecular formula is C20H20Cl2N4O3. The van der Waals surface area contributed by atoms with Crippen molar-refractivity contribution in [3.05, 3.63) is 57.7 Å². The fraction of sp³-hybridized carbons (Fsp3) is 0.300. The Balaban J connectivity index is 1.86. The van der Waals surface area contributed by atoms with Crippen LogP contribution in [0.4, 0.5) is 5.69 Å². The van der Waals surface area contributed by atoms with E-state index in [2.05, 4.69) is 17.2 Å². The van der Waals surface area contributed by atoms with Crippen LogP contribution in [0.3, 0.4) is 0 Å². The predicted octanol–water partition coefficient (Wildman–Crippen LogP) is 4.38. The molecule has 0 radical (unpaired) electrons.